The smallest absolute Gasteiger partial charge is 0.294 e. The SMILES string of the molecule is CCOc1nc2ccc(N)cc2[nH]1. The number of H-pyrrole nitrogens is 1. The fraction of sp³-hybridized carbons (Fsp3) is 0.222. The summed E-state index contributed by atoms with van der Waals surface area (Å²) in [6.45, 7) is 2.52. The van der Waals surface area contributed by atoms with Crippen molar-refractivity contribution in [1.29, 1.82) is 0 Å². The molecule has 3 N–H and O–H groups in total. The number of fused-ring (bicyclic) bond motifs is 1. The first-order valence-corrected chi connectivity index (χ1v) is 4.17. The maximum Gasteiger partial charge on any atom is 0.294 e. The normalized spacial score (nSPS) is 10.5. The fourth-order valence-electron chi connectivity index (χ4n) is 1.21. The zero-order valence-electron chi connectivity index (χ0n) is 7.37. The van der Waals surface area contributed by atoms with E-state index in [2.05, 4.69) is 9.97 Å². The summed E-state index contributed by atoms with van der Waals surface area (Å²) in [5, 5.41) is 0. The Labute approximate surface area is 75.7 Å². The van der Waals surface area contributed by atoms with Crippen molar-refractivity contribution >= 4 is 16.7 Å². The number of nitrogens with one attached hydrogen (secondary N) is 1. The first-order chi connectivity index (χ1) is 6.29. The van der Waals surface area contributed by atoms with Crippen molar-refractivity contribution < 1.29 is 4.74 Å². The monoisotopic (exact) mass is 177 g/mol. The molecule has 0 saturated heterocycles. The summed E-state index contributed by atoms with van der Waals surface area (Å²) in [7, 11) is 0. The van der Waals surface area contributed by atoms with Crippen LogP contribution in [0.25, 0.3) is 11.0 Å². The van der Waals surface area contributed by atoms with Crippen LogP contribution in [-0.2, 0) is 0 Å². The quantitative estimate of drug-likeness (QED) is 0.684. The van der Waals surface area contributed by atoms with Gasteiger partial charge in [-0.15, -0.1) is 0 Å². The minimum Gasteiger partial charge on any atom is -0.465 e. The van der Waals surface area contributed by atoms with Crippen LogP contribution in [0.2, 0.25) is 0 Å². The van der Waals surface area contributed by atoms with Gasteiger partial charge in [0.05, 0.1) is 17.6 Å². The lowest BCUT2D eigenvalue weighted by Gasteiger charge is -1.93. The Morgan fingerprint density at radius 3 is 3.15 bits per heavy atom. The van der Waals surface area contributed by atoms with E-state index in [0.717, 1.165) is 16.7 Å². The molecule has 0 amide bonds. The molecule has 4 nitrogen and oxygen atoms in total. The van der Waals surface area contributed by atoms with E-state index in [1.165, 1.54) is 0 Å². The minimum atomic E-state index is 0.545. The van der Waals surface area contributed by atoms with Gasteiger partial charge in [0, 0.05) is 5.69 Å². The zero-order valence-corrected chi connectivity index (χ0v) is 7.37. The van der Waals surface area contributed by atoms with Gasteiger partial charge in [0.15, 0.2) is 0 Å². The number of hydrogen-bond acceptors (Lipinski definition) is 3. The highest BCUT2D eigenvalue weighted by Crippen LogP contribution is 2.17. The van der Waals surface area contributed by atoms with Crippen molar-refractivity contribution in [2.45, 2.75) is 6.92 Å². The second-order valence-electron chi connectivity index (χ2n) is 2.75. The predicted octanol–water partition coefficient (Wildman–Crippen LogP) is 1.54. The lowest BCUT2D eigenvalue weighted by atomic mass is 10.3. The lowest BCUT2D eigenvalue weighted by Crippen LogP contribution is -1.92. The molecule has 1 heterocycles. The topological polar surface area (TPSA) is 63.9 Å². The molecule has 0 bridgehead atoms. The summed E-state index contributed by atoms with van der Waals surface area (Å²) in [6.07, 6.45) is 0. The van der Waals surface area contributed by atoms with Gasteiger partial charge < -0.3 is 15.5 Å². The number of hydrogen-bond donors (Lipinski definition) is 2. The predicted molar refractivity (Wildman–Crippen MR) is 51.7 cm³/mol. The number of aromatic amines is 1. The van der Waals surface area contributed by atoms with Crippen LogP contribution in [0.1, 0.15) is 6.92 Å². The molecule has 0 aliphatic rings. The van der Waals surface area contributed by atoms with Gasteiger partial charge in [0.25, 0.3) is 6.01 Å². The Balaban J connectivity index is 2.49. The molecule has 1 aromatic carbocycles. The van der Waals surface area contributed by atoms with Gasteiger partial charge in [-0.05, 0) is 25.1 Å². The molecule has 0 saturated carbocycles. The Bertz CT molecular complexity index is 422. The number of imidazole rings is 1. The van der Waals surface area contributed by atoms with E-state index < -0.39 is 0 Å². The molecular weight excluding hydrogens is 166 g/mol. The maximum absolute atomic E-state index is 5.62. The largest absolute Gasteiger partial charge is 0.465 e. The van der Waals surface area contributed by atoms with Gasteiger partial charge in [-0.3, -0.25) is 0 Å². The highest BCUT2D eigenvalue weighted by Gasteiger charge is 2.01. The highest BCUT2D eigenvalue weighted by molar-refractivity contribution is 5.79. The van der Waals surface area contributed by atoms with Crippen LogP contribution in [0.3, 0.4) is 0 Å². The first-order valence-electron chi connectivity index (χ1n) is 4.17. The summed E-state index contributed by atoms with van der Waals surface area (Å²) in [4.78, 5) is 7.23. The third kappa shape index (κ3) is 1.42. The molecule has 68 valence electrons. The van der Waals surface area contributed by atoms with Crippen LogP contribution in [0.15, 0.2) is 18.2 Å². The molecule has 0 aliphatic carbocycles. The van der Waals surface area contributed by atoms with Gasteiger partial charge in [-0.25, -0.2) is 0 Å². The maximum atomic E-state index is 5.62. The number of benzene rings is 1. The van der Waals surface area contributed by atoms with Gasteiger partial charge in [0.2, 0.25) is 0 Å². The Morgan fingerprint density at radius 1 is 1.54 bits per heavy atom. The number of rotatable bonds is 2. The molecule has 2 aromatic rings. The summed E-state index contributed by atoms with van der Waals surface area (Å²) >= 11 is 0. The highest BCUT2D eigenvalue weighted by atomic mass is 16.5. The van der Waals surface area contributed by atoms with E-state index in [-0.39, 0.29) is 0 Å². The second kappa shape index (κ2) is 2.97. The average Bonchev–Trinajstić information content (AvgIpc) is 2.46. The molecular formula is C9H11N3O. The van der Waals surface area contributed by atoms with Crippen molar-refractivity contribution in [2.75, 3.05) is 12.3 Å². The zero-order chi connectivity index (χ0) is 9.26. The van der Waals surface area contributed by atoms with Gasteiger partial charge in [-0.1, -0.05) is 0 Å². The number of nitrogens with two attached hydrogens (primary N) is 1. The van der Waals surface area contributed by atoms with Gasteiger partial charge in [0.1, 0.15) is 0 Å². The molecule has 0 fully saturated rings. The van der Waals surface area contributed by atoms with E-state index in [0.29, 0.717) is 12.6 Å². The molecule has 1 aromatic heterocycles. The van der Waals surface area contributed by atoms with E-state index >= 15 is 0 Å². The van der Waals surface area contributed by atoms with Crippen LogP contribution >= 0.6 is 0 Å². The van der Waals surface area contributed by atoms with Gasteiger partial charge in [-0.2, -0.15) is 4.98 Å². The third-order valence-corrected chi connectivity index (χ3v) is 1.77. The van der Waals surface area contributed by atoms with Crippen molar-refractivity contribution in [2.24, 2.45) is 0 Å². The number of nitrogen functional groups attached to an aromatic ring is 1. The molecule has 13 heavy (non-hydrogen) atoms. The van der Waals surface area contributed by atoms with Crippen LogP contribution in [0, 0.1) is 0 Å². The van der Waals surface area contributed by atoms with Crippen LogP contribution < -0.4 is 10.5 Å². The van der Waals surface area contributed by atoms with E-state index in [4.69, 9.17) is 10.5 Å². The number of nitrogens with zero attached hydrogens (tertiary/aromatic N) is 1. The molecule has 4 heteroatoms. The first kappa shape index (κ1) is 7.91. The molecule has 0 radical (unpaired) electrons. The third-order valence-electron chi connectivity index (χ3n) is 1.77. The van der Waals surface area contributed by atoms with E-state index in [1.807, 2.05) is 25.1 Å². The molecule has 0 spiro atoms. The number of anilines is 1. The average molecular weight is 177 g/mol. The molecule has 2 rings (SSSR count). The van der Waals surface area contributed by atoms with Crippen LogP contribution in [0.5, 0.6) is 6.01 Å². The fourth-order valence-corrected chi connectivity index (χ4v) is 1.21. The van der Waals surface area contributed by atoms with Crippen molar-refractivity contribution in [3.05, 3.63) is 18.2 Å². The van der Waals surface area contributed by atoms with Crippen molar-refractivity contribution in [3.8, 4) is 6.01 Å². The minimum absolute atomic E-state index is 0.545. The van der Waals surface area contributed by atoms with Gasteiger partial charge >= 0.3 is 0 Å². The summed E-state index contributed by atoms with van der Waals surface area (Å²) in [6, 6.07) is 6.07. The number of aromatic nitrogens is 2. The lowest BCUT2D eigenvalue weighted by molar-refractivity contribution is 0.317. The standard InChI is InChI=1S/C9H11N3O/c1-2-13-9-11-7-4-3-6(10)5-8(7)12-9/h3-5H,2,10H2,1H3,(H,11,12). The summed E-state index contributed by atoms with van der Waals surface area (Å²) in [5.74, 6) is 0. The second-order valence-corrected chi connectivity index (χ2v) is 2.75. The van der Waals surface area contributed by atoms with Crippen LogP contribution in [0.4, 0.5) is 5.69 Å². The Morgan fingerprint density at radius 2 is 2.38 bits per heavy atom. The van der Waals surface area contributed by atoms with E-state index in [1.54, 1.807) is 0 Å². The molecule has 0 unspecified atom stereocenters. The van der Waals surface area contributed by atoms with Crippen molar-refractivity contribution in [1.82, 2.24) is 9.97 Å². The summed E-state index contributed by atoms with van der Waals surface area (Å²) in [5.41, 5.74) is 8.12. The molecule has 0 aliphatic heterocycles. The number of ether oxygens (including phenoxy) is 1. The molecule has 0 atom stereocenters. The van der Waals surface area contributed by atoms with Crippen LogP contribution in [-0.4, -0.2) is 16.6 Å². The summed E-state index contributed by atoms with van der Waals surface area (Å²) < 4.78 is 5.22. The van der Waals surface area contributed by atoms with E-state index in [9.17, 15) is 0 Å². The Hall–Kier alpha value is -1.71. The Kier molecular flexibility index (Phi) is 1.81. The van der Waals surface area contributed by atoms with Crippen molar-refractivity contribution in [3.63, 3.8) is 0 Å².